The Kier molecular flexibility index (Phi) is 3.43. The van der Waals surface area contributed by atoms with Gasteiger partial charge in [0, 0.05) is 23.9 Å². The van der Waals surface area contributed by atoms with E-state index in [1.807, 2.05) is 29.2 Å². The monoisotopic (exact) mass is 357 g/mol. The number of oxime groups is 1. The zero-order valence-corrected chi connectivity index (χ0v) is 14.1. The molecule has 0 atom stereocenters. The number of nitro benzene ring substituents is 1. The fourth-order valence-electron chi connectivity index (χ4n) is 2.92. The molecule has 3 heterocycles. The molecule has 8 heteroatoms. The number of rotatable bonds is 3. The molecule has 1 aliphatic rings. The summed E-state index contributed by atoms with van der Waals surface area (Å²) < 4.78 is 3.08. The molecule has 0 amide bonds. The number of nitrogens with zero attached hydrogens (tertiary/aromatic N) is 3. The number of fused-ring (bicyclic) bond motifs is 3. The standard InChI is InChI=1S/C16H11N3O3S2/c1-23-16-12(9-4-6-10(7-5-9)19(21)22)14-15(24-16)13(17-20)11-3-2-8-18(11)14/h2-8,20H,1H3. The molecule has 0 aliphatic carbocycles. The molecule has 0 saturated heterocycles. The molecule has 1 N–H and O–H groups in total. The minimum absolute atomic E-state index is 0.0654. The fourth-order valence-corrected chi connectivity index (χ4v) is 4.97. The van der Waals surface area contributed by atoms with E-state index < -0.39 is 4.92 Å². The van der Waals surface area contributed by atoms with Gasteiger partial charge in [-0.25, -0.2) is 0 Å². The SMILES string of the molecule is CSc1sc2c(c1-c1ccc([N+](=O)[O-])cc1)-n1cccc1C2=NO. The second-order valence-electron chi connectivity index (χ2n) is 5.16. The molecule has 6 nitrogen and oxygen atoms in total. The molecule has 120 valence electrons. The predicted molar refractivity (Wildman–Crippen MR) is 94.9 cm³/mol. The first kappa shape index (κ1) is 15.0. The zero-order chi connectivity index (χ0) is 16.8. The Balaban J connectivity index is 1.97. The van der Waals surface area contributed by atoms with E-state index >= 15 is 0 Å². The molecular formula is C16H11N3O3S2. The number of nitro groups is 1. The second-order valence-corrected chi connectivity index (χ2v) is 7.26. The lowest BCUT2D eigenvalue weighted by molar-refractivity contribution is -0.384. The van der Waals surface area contributed by atoms with Crippen molar-refractivity contribution in [1.29, 1.82) is 0 Å². The summed E-state index contributed by atoms with van der Waals surface area (Å²) in [5.41, 5.74) is 4.34. The van der Waals surface area contributed by atoms with Crippen molar-refractivity contribution in [3.05, 3.63) is 63.3 Å². The maximum absolute atomic E-state index is 10.9. The third kappa shape index (κ3) is 2.00. The quantitative estimate of drug-likeness (QED) is 0.255. The molecule has 1 aromatic carbocycles. The van der Waals surface area contributed by atoms with E-state index in [0.717, 1.165) is 31.6 Å². The summed E-state index contributed by atoms with van der Waals surface area (Å²) in [5.74, 6) is 0. The molecule has 0 bridgehead atoms. The van der Waals surface area contributed by atoms with Crippen LogP contribution in [0.4, 0.5) is 5.69 Å². The van der Waals surface area contributed by atoms with Crippen LogP contribution in [0.3, 0.4) is 0 Å². The molecule has 0 radical (unpaired) electrons. The van der Waals surface area contributed by atoms with E-state index in [1.54, 1.807) is 35.2 Å². The average molecular weight is 357 g/mol. The van der Waals surface area contributed by atoms with E-state index in [2.05, 4.69) is 5.16 Å². The minimum Gasteiger partial charge on any atom is -0.410 e. The number of aromatic nitrogens is 1. The van der Waals surface area contributed by atoms with Crippen LogP contribution in [0.25, 0.3) is 16.8 Å². The van der Waals surface area contributed by atoms with Crippen LogP contribution < -0.4 is 0 Å². The van der Waals surface area contributed by atoms with Gasteiger partial charge in [0.1, 0.15) is 5.71 Å². The van der Waals surface area contributed by atoms with Crippen molar-refractivity contribution >= 4 is 34.5 Å². The molecule has 0 saturated carbocycles. The number of hydrogen-bond donors (Lipinski definition) is 1. The highest BCUT2D eigenvalue weighted by molar-refractivity contribution is 8.00. The fraction of sp³-hybridized carbons (Fsp3) is 0.0625. The summed E-state index contributed by atoms with van der Waals surface area (Å²) in [6, 6.07) is 10.3. The summed E-state index contributed by atoms with van der Waals surface area (Å²) in [4.78, 5) is 11.4. The van der Waals surface area contributed by atoms with Crippen molar-refractivity contribution in [2.24, 2.45) is 5.16 Å². The molecule has 1 aliphatic heterocycles. The topological polar surface area (TPSA) is 80.7 Å². The maximum Gasteiger partial charge on any atom is 0.269 e. The lowest BCUT2D eigenvalue weighted by Gasteiger charge is -2.07. The van der Waals surface area contributed by atoms with Gasteiger partial charge in [0.25, 0.3) is 5.69 Å². The van der Waals surface area contributed by atoms with E-state index in [9.17, 15) is 15.3 Å². The number of benzene rings is 1. The highest BCUT2D eigenvalue weighted by Crippen LogP contribution is 2.48. The third-order valence-corrected chi connectivity index (χ3v) is 6.26. The van der Waals surface area contributed by atoms with Gasteiger partial charge in [0.2, 0.25) is 0 Å². The average Bonchev–Trinajstić information content (AvgIpc) is 3.25. The Morgan fingerprint density at radius 1 is 1.29 bits per heavy atom. The van der Waals surface area contributed by atoms with Crippen molar-refractivity contribution in [2.75, 3.05) is 6.26 Å². The summed E-state index contributed by atoms with van der Waals surface area (Å²) in [7, 11) is 0. The highest BCUT2D eigenvalue weighted by atomic mass is 32.2. The normalized spacial score (nSPS) is 14.0. The Bertz CT molecular complexity index is 987. The van der Waals surface area contributed by atoms with Gasteiger partial charge in [-0.2, -0.15) is 0 Å². The number of hydrogen-bond acceptors (Lipinski definition) is 6. The Labute approximate surface area is 145 Å². The molecule has 0 spiro atoms. The Hall–Kier alpha value is -2.58. The lowest BCUT2D eigenvalue weighted by atomic mass is 10.1. The van der Waals surface area contributed by atoms with Crippen molar-refractivity contribution in [1.82, 2.24) is 4.57 Å². The van der Waals surface area contributed by atoms with Crippen LogP contribution in [0.2, 0.25) is 0 Å². The summed E-state index contributed by atoms with van der Waals surface area (Å²) >= 11 is 3.17. The first-order valence-electron chi connectivity index (χ1n) is 7.02. The molecule has 3 aromatic rings. The van der Waals surface area contributed by atoms with Crippen molar-refractivity contribution in [3.63, 3.8) is 0 Å². The number of non-ortho nitro benzene ring substituents is 1. The molecule has 0 fully saturated rings. The van der Waals surface area contributed by atoms with Gasteiger partial charge in [-0.05, 0) is 36.1 Å². The Morgan fingerprint density at radius 3 is 2.67 bits per heavy atom. The van der Waals surface area contributed by atoms with E-state index in [-0.39, 0.29) is 5.69 Å². The first-order valence-corrected chi connectivity index (χ1v) is 9.06. The van der Waals surface area contributed by atoms with Gasteiger partial charge in [-0.15, -0.1) is 23.1 Å². The van der Waals surface area contributed by atoms with Gasteiger partial charge >= 0.3 is 0 Å². The van der Waals surface area contributed by atoms with Crippen LogP contribution in [0.15, 0.2) is 52.0 Å². The van der Waals surface area contributed by atoms with Gasteiger partial charge in [0.15, 0.2) is 0 Å². The van der Waals surface area contributed by atoms with E-state index in [1.165, 1.54) is 12.1 Å². The van der Waals surface area contributed by atoms with Gasteiger partial charge in [0.05, 0.1) is 25.4 Å². The number of thiophene rings is 1. The minimum atomic E-state index is -0.405. The predicted octanol–water partition coefficient (Wildman–Crippen LogP) is 4.38. The Morgan fingerprint density at radius 2 is 2.04 bits per heavy atom. The van der Waals surface area contributed by atoms with Gasteiger partial charge in [-0.3, -0.25) is 10.1 Å². The molecule has 24 heavy (non-hydrogen) atoms. The summed E-state index contributed by atoms with van der Waals surface area (Å²) in [5, 5.41) is 23.8. The van der Waals surface area contributed by atoms with Crippen molar-refractivity contribution in [3.8, 4) is 16.8 Å². The van der Waals surface area contributed by atoms with E-state index in [4.69, 9.17) is 0 Å². The largest absolute Gasteiger partial charge is 0.410 e. The van der Waals surface area contributed by atoms with Crippen LogP contribution in [-0.2, 0) is 0 Å². The summed E-state index contributed by atoms with van der Waals surface area (Å²) in [6.45, 7) is 0. The first-order chi connectivity index (χ1) is 11.7. The molecule has 0 unspecified atom stereocenters. The van der Waals surface area contributed by atoms with Crippen LogP contribution in [0.1, 0.15) is 10.6 Å². The molecular weight excluding hydrogens is 346 g/mol. The van der Waals surface area contributed by atoms with Crippen LogP contribution >= 0.6 is 23.1 Å². The van der Waals surface area contributed by atoms with Gasteiger partial charge in [-0.1, -0.05) is 5.16 Å². The van der Waals surface area contributed by atoms with Crippen molar-refractivity contribution < 1.29 is 10.1 Å². The maximum atomic E-state index is 10.9. The summed E-state index contributed by atoms with van der Waals surface area (Å²) in [6.07, 6.45) is 3.92. The van der Waals surface area contributed by atoms with Crippen molar-refractivity contribution in [2.45, 2.75) is 4.21 Å². The van der Waals surface area contributed by atoms with Crippen LogP contribution in [0, 0.1) is 10.1 Å². The van der Waals surface area contributed by atoms with Crippen LogP contribution in [-0.4, -0.2) is 26.7 Å². The third-order valence-electron chi connectivity index (χ3n) is 3.95. The van der Waals surface area contributed by atoms with Gasteiger partial charge < -0.3 is 9.77 Å². The molecule has 4 rings (SSSR count). The number of thioether (sulfide) groups is 1. The second kappa shape index (κ2) is 5.50. The lowest BCUT2D eigenvalue weighted by Crippen LogP contribution is -1.97. The van der Waals surface area contributed by atoms with E-state index in [0.29, 0.717) is 5.71 Å². The van der Waals surface area contributed by atoms with Crippen LogP contribution in [0.5, 0.6) is 0 Å². The zero-order valence-electron chi connectivity index (χ0n) is 12.5. The molecule has 2 aromatic heterocycles. The smallest absolute Gasteiger partial charge is 0.269 e. The highest BCUT2D eigenvalue weighted by Gasteiger charge is 2.32.